The third-order valence-corrected chi connectivity index (χ3v) is 17.0. The molecule has 450 valence electrons. The van der Waals surface area contributed by atoms with Crippen molar-refractivity contribution < 1.29 is 109 Å². The summed E-state index contributed by atoms with van der Waals surface area (Å²) in [5, 5.41) is 55.3. The SMILES string of the molecule is CN(C)CCOCC1[C@@H](O)C([n+]2cn(C)c3c(=O)[nH]c(N)nc32)O[C@@H]1COP(=O)(O)OP(=O)(O)OP(=O)(O)OC[C@H]1O[C@@H](n2cnc3c(=O)[nH]c(N)nc32)[C@H](O)[C@@H]1OC(OC[C@H]1O[C@@H](n2cnc3c(=O)[nH]c(N)nc32)[C@H](O)[C@@H]1O)C(=O)O. The molecule has 9 rings (SSSR count). The Labute approximate surface area is 455 Å². The smallest absolute Gasteiger partial charge is 0.477 e. The summed E-state index contributed by atoms with van der Waals surface area (Å²) in [6, 6.07) is 0. The van der Waals surface area contributed by atoms with E-state index >= 15 is 0 Å². The van der Waals surface area contributed by atoms with Gasteiger partial charge in [0.05, 0.1) is 58.8 Å². The van der Waals surface area contributed by atoms with Gasteiger partial charge in [-0.25, -0.2) is 33.0 Å². The lowest BCUT2D eigenvalue weighted by Gasteiger charge is -2.26. The topological polar surface area (TPSA) is 585 Å². The molecule has 82 heavy (non-hydrogen) atoms. The van der Waals surface area contributed by atoms with Gasteiger partial charge in [-0.15, -0.1) is 0 Å². The van der Waals surface area contributed by atoms with E-state index in [9.17, 15) is 73.1 Å². The molecule has 3 saturated heterocycles. The van der Waals surface area contributed by atoms with Gasteiger partial charge in [0.2, 0.25) is 23.6 Å². The van der Waals surface area contributed by atoms with E-state index in [1.54, 1.807) is 19.0 Å². The fourth-order valence-corrected chi connectivity index (χ4v) is 12.6. The average Bonchev–Trinajstić information content (AvgIpc) is 4.42. The molecule has 41 nitrogen and oxygen atoms in total. The number of nitrogen functional groups attached to an aromatic ring is 3. The van der Waals surface area contributed by atoms with Crippen LogP contribution in [0.25, 0.3) is 33.5 Å². The molecule has 6 unspecified atom stereocenters. The van der Waals surface area contributed by atoms with Crippen LogP contribution in [0.3, 0.4) is 0 Å². The lowest BCUT2D eigenvalue weighted by molar-refractivity contribution is -0.745. The summed E-state index contributed by atoms with van der Waals surface area (Å²) in [4.78, 5) is 111. The maximum atomic E-state index is 13.3. The zero-order chi connectivity index (χ0) is 59.5. The van der Waals surface area contributed by atoms with E-state index in [2.05, 4.69) is 48.5 Å². The van der Waals surface area contributed by atoms with Gasteiger partial charge >= 0.3 is 35.1 Å². The van der Waals surface area contributed by atoms with E-state index < -0.39 is 152 Å². The van der Waals surface area contributed by atoms with Crippen LogP contribution < -0.4 is 38.4 Å². The van der Waals surface area contributed by atoms with Crippen LogP contribution in [0.4, 0.5) is 17.8 Å². The second-order valence-corrected chi connectivity index (χ2v) is 23.4. The first-order valence-electron chi connectivity index (χ1n) is 23.8. The number of imidazole rings is 3. The van der Waals surface area contributed by atoms with Crippen LogP contribution in [0.5, 0.6) is 0 Å². The third kappa shape index (κ3) is 12.7. The van der Waals surface area contributed by atoms with Gasteiger partial charge < -0.3 is 90.7 Å². The van der Waals surface area contributed by atoms with Gasteiger partial charge in [0.1, 0.15) is 42.7 Å². The lowest BCUT2D eigenvalue weighted by Crippen LogP contribution is -2.45. The molecule has 16 atom stereocenters. The number of likely N-dealkylation sites (N-methyl/N-ethyl adjacent to an activating group) is 1. The molecule has 0 radical (unpaired) electrons. The maximum Gasteiger partial charge on any atom is 0.490 e. The lowest BCUT2D eigenvalue weighted by atomic mass is 9.99. The minimum absolute atomic E-state index is 0.0216. The zero-order valence-corrected chi connectivity index (χ0v) is 45.2. The minimum atomic E-state index is -6.25. The van der Waals surface area contributed by atoms with Crippen molar-refractivity contribution in [2.75, 3.05) is 70.9 Å². The highest BCUT2D eigenvalue weighted by molar-refractivity contribution is 7.66. The van der Waals surface area contributed by atoms with Crippen molar-refractivity contribution >= 4 is 80.8 Å². The Morgan fingerprint density at radius 1 is 0.732 bits per heavy atom. The summed E-state index contributed by atoms with van der Waals surface area (Å²) >= 11 is 0. The minimum Gasteiger partial charge on any atom is -0.477 e. The van der Waals surface area contributed by atoms with E-state index in [1.165, 1.54) is 22.5 Å². The van der Waals surface area contributed by atoms with E-state index in [-0.39, 0.29) is 58.6 Å². The van der Waals surface area contributed by atoms with Crippen LogP contribution in [-0.2, 0) is 71.6 Å². The second kappa shape index (κ2) is 23.5. The number of phosphoric acid groups is 3. The van der Waals surface area contributed by atoms with Gasteiger partial charge in [0.25, 0.3) is 28.9 Å². The molecule has 3 aliphatic heterocycles. The number of aliphatic hydroxyl groups is 4. The Morgan fingerprint density at radius 2 is 1.27 bits per heavy atom. The number of aliphatic hydroxyl groups excluding tert-OH is 4. The molecular formula is C38H54N16O25P3+. The van der Waals surface area contributed by atoms with Gasteiger partial charge in [0.15, 0.2) is 41.1 Å². The van der Waals surface area contributed by atoms with Crippen LogP contribution in [0.2, 0.25) is 0 Å². The largest absolute Gasteiger partial charge is 0.490 e. The first kappa shape index (κ1) is 60.5. The first-order chi connectivity index (χ1) is 38.5. The van der Waals surface area contributed by atoms with Crippen molar-refractivity contribution in [3.8, 4) is 0 Å². The molecule has 0 saturated carbocycles. The van der Waals surface area contributed by atoms with Crippen LogP contribution in [-0.4, -0.2) is 213 Å². The molecule has 0 aliphatic carbocycles. The zero-order valence-electron chi connectivity index (χ0n) is 42.5. The van der Waals surface area contributed by atoms with E-state index in [4.69, 9.17) is 54.7 Å². The van der Waals surface area contributed by atoms with Crippen LogP contribution >= 0.6 is 23.5 Å². The number of H-pyrrole nitrogens is 3. The highest BCUT2D eigenvalue weighted by Crippen LogP contribution is 2.68. The van der Waals surface area contributed by atoms with Gasteiger partial charge in [-0.1, -0.05) is 4.98 Å². The highest BCUT2D eigenvalue weighted by Gasteiger charge is 2.53. The quantitative estimate of drug-likeness (QED) is 0.0116. The van der Waals surface area contributed by atoms with Crippen molar-refractivity contribution in [2.45, 2.75) is 73.8 Å². The number of carbonyl (C=O) groups is 1. The fraction of sp³-hybridized carbons (Fsp3) is 0.579. The highest BCUT2D eigenvalue weighted by atomic mass is 31.3. The number of ether oxygens (including phenoxy) is 6. The summed E-state index contributed by atoms with van der Waals surface area (Å²) in [6.45, 7) is -2.93. The number of carboxylic acids is 1. The number of nitrogens with one attached hydrogen (secondary N) is 3. The summed E-state index contributed by atoms with van der Waals surface area (Å²) in [7, 11) is -13.1. The molecule has 3 fully saturated rings. The molecule has 6 aromatic rings. The Bertz CT molecular complexity index is 3690. The number of rotatable bonds is 24. The van der Waals surface area contributed by atoms with Crippen LogP contribution in [0, 0.1) is 5.92 Å². The predicted octanol–water partition coefficient (Wildman–Crippen LogP) is -5.93. The number of hydrogen-bond donors (Lipinski definition) is 14. The molecule has 0 spiro atoms. The van der Waals surface area contributed by atoms with Crippen LogP contribution in [0.15, 0.2) is 33.4 Å². The number of nitrogens with zero attached hydrogens (tertiary/aromatic N) is 10. The standard InChI is InChI=1S/C38H53N16O25P3/c1-50(2)4-5-70-6-13-14(74-31(20(13)55)54-12-51(3)19-27(54)46-38(41)49-30(19)61)8-72-80(64,65)78-82(68,69)79-81(66,67)73-9-16-24(23(58)33(76-16)53-11-43-18-26(53)45-37(40)48-29(18)60)77-35(34(62)63)71-7-15-21(56)22(57)32(75-15)52-10-42-17-25(52)44-36(39)47-28(17)59/h10-16,20-24,31-33,35,55-58H,4-9H2,1-3H3,(H12-,39,40,41,44,45,46,47,48,49,59,60,61,62,63,64,65,66,67,68,69)/p+1/t13?,14-,15-,16-,20-,21-,22-,23-,24-,31?,32-,33-,35?/m1/s1. The van der Waals surface area contributed by atoms with Gasteiger partial charge in [-0.05, 0) is 14.1 Å². The number of anilines is 3. The fourth-order valence-electron chi connectivity index (χ4n) is 9.07. The van der Waals surface area contributed by atoms with Gasteiger partial charge in [0, 0.05) is 12.5 Å². The first-order valence-corrected chi connectivity index (χ1v) is 28.3. The monoisotopic (exact) mass is 1230 g/mol. The Kier molecular flexibility index (Phi) is 17.3. The molecular weight excluding hydrogens is 1170 g/mol. The molecule has 6 aromatic heterocycles. The third-order valence-electron chi connectivity index (χ3n) is 12.8. The van der Waals surface area contributed by atoms with Crippen molar-refractivity contribution in [3.63, 3.8) is 0 Å². The van der Waals surface area contributed by atoms with Crippen molar-refractivity contribution in [2.24, 2.45) is 13.0 Å². The van der Waals surface area contributed by atoms with E-state index in [1.807, 2.05) is 0 Å². The molecule has 0 amide bonds. The molecule has 3 aliphatic rings. The maximum absolute atomic E-state index is 13.3. The number of aromatic amines is 3. The number of aryl methyl sites for hydroxylation is 1. The number of hydrogen-bond acceptors (Lipinski definition) is 30. The van der Waals surface area contributed by atoms with E-state index in [0.29, 0.717) is 6.54 Å². The number of carboxylic acid groups (broad SMARTS) is 1. The van der Waals surface area contributed by atoms with Gasteiger partial charge in [-0.3, -0.25) is 52.1 Å². The predicted molar refractivity (Wildman–Crippen MR) is 265 cm³/mol. The number of phosphoric ester groups is 2. The van der Waals surface area contributed by atoms with Crippen molar-refractivity contribution in [1.82, 2.24) is 58.5 Å². The molecule has 0 bridgehead atoms. The van der Waals surface area contributed by atoms with Crippen molar-refractivity contribution in [3.05, 3.63) is 50.0 Å². The Hall–Kier alpha value is -6.11. The summed E-state index contributed by atoms with van der Waals surface area (Å²) in [5.41, 5.74) is 13.9. The number of fused-ring (bicyclic) bond motifs is 3. The number of nitrogens with two attached hydrogens (primary N) is 3. The van der Waals surface area contributed by atoms with Crippen molar-refractivity contribution in [1.29, 1.82) is 0 Å². The average molecular weight is 1230 g/mol. The second-order valence-electron chi connectivity index (χ2n) is 18.8. The van der Waals surface area contributed by atoms with Crippen LogP contribution in [0.1, 0.15) is 18.7 Å². The molecule has 17 N–H and O–H groups in total. The summed E-state index contributed by atoms with van der Waals surface area (Å²) < 4.78 is 97.1. The normalized spacial score (nSPS) is 28.5. The van der Waals surface area contributed by atoms with Gasteiger partial charge in [-0.2, -0.15) is 18.6 Å². The Morgan fingerprint density at radius 3 is 1.84 bits per heavy atom. The van der Waals surface area contributed by atoms with E-state index in [0.717, 1.165) is 21.8 Å². The Balaban J connectivity index is 0.878. The summed E-state index contributed by atoms with van der Waals surface area (Å²) in [6.07, 6.45) is -18.0. The molecule has 0 aromatic carbocycles. The number of aliphatic carboxylic acids is 1. The number of aromatic nitrogens is 12. The molecule has 9 heterocycles. The molecule has 44 heteroatoms. The summed E-state index contributed by atoms with van der Waals surface area (Å²) in [5.74, 6) is -4.04.